The molecule has 0 spiro atoms. The third kappa shape index (κ3) is 1.86. The molecule has 2 nitrogen and oxygen atoms in total. The van der Waals surface area contributed by atoms with Gasteiger partial charge in [0.25, 0.3) is 0 Å². The second kappa shape index (κ2) is 2.80. The summed E-state index contributed by atoms with van der Waals surface area (Å²) in [5.41, 5.74) is 0. The second-order valence-electron chi connectivity index (χ2n) is 0.773. The van der Waals surface area contributed by atoms with Gasteiger partial charge in [0.15, 0.2) is 7.98 Å². The fraction of sp³-hybridized carbons (Fsp3) is 0.500. The van der Waals surface area contributed by atoms with Gasteiger partial charge in [-0.15, -0.1) is 0 Å². The van der Waals surface area contributed by atoms with E-state index in [0.717, 1.165) is 0 Å². The van der Waals surface area contributed by atoms with Crippen LogP contribution in [0.2, 0.25) is 0 Å². The highest BCUT2D eigenvalue weighted by Gasteiger charge is 1.85. The van der Waals surface area contributed by atoms with E-state index in [1.54, 1.807) is 6.07 Å². The van der Waals surface area contributed by atoms with E-state index in [0.29, 0.717) is 0 Å². The Hall–Kier alpha value is -0.420. The Kier molecular flexibility index (Phi) is 2.60. The summed E-state index contributed by atoms with van der Waals surface area (Å²) in [6, 6.07) is 1.66. The van der Waals surface area contributed by atoms with E-state index in [1.807, 2.05) is 5.23 Å². The Morgan fingerprint density at radius 1 is 1.83 bits per heavy atom. The van der Waals surface area contributed by atoms with Crippen molar-refractivity contribution in [3.05, 3.63) is 0 Å². The molecule has 0 rings (SSSR count). The molecular weight excluding hydrogens is 73.7 g/mol. The molecule has 6 heavy (non-hydrogen) atoms. The maximum Gasteiger partial charge on any atom is 0.178 e. The van der Waals surface area contributed by atoms with Crippen LogP contribution in [0, 0.1) is 11.3 Å². The minimum absolute atomic E-state index is 0.731. The van der Waals surface area contributed by atoms with Crippen LogP contribution in [-0.4, -0.2) is 21.8 Å². The molecule has 0 fully saturated rings. The maximum atomic E-state index is 7.82. The Morgan fingerprint density at radius 3 is 2.33 bits per heavy atom. The largest absolute Gasteiger partial charge is 0.360 e. The number of nitrogens with one attached hydrogen (secondary N) is 1. The Labute approximate surface area is 39.4 Å². The molecule has 1 atom stereocenters. The van der Waals surface area contributed by atoms with Gasteiger partial charge in [-0.05, 0) is 0 Å². The van der Waals surface area contributed by atoms with Crippen molar-refractivity contribution in [3.63, 3.8) is 0 Å². The average Bonchev–Trinajstić information content (AvgIpc) is 1.65. The first-order valence-corrected chi connectivity index (χ1v) is 1.42. The quantitative estimate of drug-likeness (QED) is 0.393. The van der Waals surface area contributed by atoms with Crippen LogP contribution in [-0.2, 0) is 0 Å². The summed E-state index contributed by atoms with van der Waals surface area (Å²) in [4.78, 5) is 0. The van der Waals surface area contributed by atoms with Crippen molar-refractivity contribution in [1.29, 1.82) is 5.26 Å². The van der Waals surface area contributed by atoms with E-state index in [1.165, 1.54) is 0 Å². The molecule has 0 aliphatic rings. The first-order valence-electron chi connectivity index (χ1n) is 1.42. The summed E-state index contributed by atoms with van der Waals surface area (Å²) in [7, 11) is 9.56. The van der Waals surface area contributed by atoms with Gasteiger partial charge in [0.05, 0.1) is 6.07 Å². The van der Waals surface area contributed by atoms with Gasteiger partial charge < -0.3 is 5.23 Å². The molecule has 0 aliphatic heterocycles. The molecule has 0 aromatic heterocycles. The fourth-order valence-corrected chi connectivity index (χ4v) is 0.0373. The summed E-state index contributed by atoms with van der Waals surface area (Å²) in [5.74, 6) is -0.731. The lowest BCUT2D eigenvalue weighted by atomic mass is 9.97. The molecule has 0 aromatic rings. The van der Waals surface area contributed by atoms with Gasteiger partial charge in [-0.3, -0.25) is 0 Å². The number of nitrogens with zero attached hydrogens (tertiary/aromatic N) is 1. The minimum Gasteiger partial charge on any atom is -0.360 e. The number of hydrogen-bond donors (Lipinski definition) is 1. The van der Waals surface area contributed by atoms with Crippen LogP contribution < -0.4 is 5.23 Å². The van der Waals surface area contributed by atoms with Crippen molar-refractivity contribution < 1.29 is 0 Å². The molecule has 0 amide bonds. The van der Waals surface area contributed by atoms with E-state index in [2.05, 4.69) is 7.98 Å². The van der Waals surface area contributed by atoms with Crippen LogP contribution in [0.1, 0.15) is 0 Å². The molecular formula is C2H2B2N2. The highest BCUT2D eigenvalue weighted by molar-refractivity contribution is 6.18. The molecule has 0 heterocycles. The zero-order valence-electron chi connectivity index (χ0n) is 3.18. The third-order valence-electron chi connectivity index (χ3n) is 0.319. The first kappa shape index (κ1) is 5.58. The van der Waals surface area contributed by atoms with E-state index in [9.17, 15) is 0 Å². The van der Waals surface area contributed by atoms with Gasteiger partial charge in [0.2, 0.25) is 0 Å². The van der Waals surface area contributed by atoms with Gasteiger partial charge in [-0.1, -0.05) is 0 Å². The van der Waals surface area contributed by atoms with Crippen molar-refractivity contribution >= 4 is 15.8 Å². The number of nitriles is 1. The zero-order valence-corrected chi connectivity index (χ0v) is 3.18. The van der Waals surface area contributed by atoms with E-state index < -0.39 is 5.94 Å². The van der Waals surface area contributed by atoms with Crippen LogP contribution in [0.3, 0.4) is 0 Å². The molecule has 0 aromatic carbocycles. The zero-order chi connectivity index (χ0) is 4.99. The highest BCUT2D eigenvalue weighted by atomic mass is 14.8. The van der Waals surface area contributed by atoms with Gasteiger partial charge in [-0.25, -0.2) is 0 Å². The summed E-state index contributed by atoms with van der Waals surface area (Å²) in [5, 5.41) is 9.85. The highest BCUT2D eigenvalue weighted by Crippen LogP contribution is 1.59. The molecule has 1 unspecified atom stereocenters. The van der Waals surface area contributed by atoms with Crippen LogP contribution in [0.25, 0.3) is 0 Å². The molecule has 0 bridgehead atoms. The molecule has 0 saturated heterocycles. The lowest BCUT2D eigenvalue weighted by molar-refractivity contribution is 1.03. The second-order valence-corrected chi connectivity index (χ2v) is 0.773. The lowest BCUT2D eigenvalue weighted by Gasteiger charge is -1.92. The predicted octanol–water partition coefficient (Wildman–Crippen LogP) is -1.32. The first-order chi connectivity index (χ1) is 2.81. The standard InChI is InChI=1S/C2H2B2N2/c3-2(1-5)6-4/h2,6H. The third-order valence-corrected chi connectivity index (χ3v) is 0.319. The summed E-state index contributed by atoms with van der Waals surface area (Å²) < 4.78 is 0. The van der Waals surface area contributed by atoms with E-state index in [4.69, 9.17) is 13.1 Å². The van der Waals surface area contributed by atoms with Crippen molar-refractivity contribution in [2.24, 2.45) is 0 Å². The summed E-state index contributed by atoms with van der Waals surface area (Å²) in [6.07, 6.45) is 0. The monoisotopic (exact) mass is 76.0 g/mol. The Bertz CT molecular complexity index is 66.4. The lowest BCUT2D eigenvalue weighted by Crippen LogP contribution is -2.23. The number of hydrogen-bond acceptors (Lipinski definition) is 2. The molecule has 4 radical (unpaired) electrons. The average molecular weight is 75.7 g/mol. The van der Waals surface area contributed by atoms with E-state index in [-0.39, 0.29) is 0 Å². The van der Waals surface area contributed by atoms with Crippen molar-refractivity contribution in [2.45, 2.75) is 5.94 Å². The van der Waals surface area contributed by atoms with Gasteiger partial charge in [0, 0.05) is 5.94 Å². The van der Waals surface area contributed by atoms with Crippen LogP contribution >= 0.6 is 0 Å². The molecule has 1 N–H and O–H groups in total. The molecule has 0 saturated carbocycles. The fourth-order valence-electron chi connectivity index (χ4n) is 0.0373. The predicted molar refractivity (Wildman–Crippen MR) is 24.0 cm³/mol. The maximum absolute atomic E-state index is 7.82. The van der Waals surface area contributed by atoms with Crippen LogP contribution in [0.5, 0.6) is 0 Å². The van der Waals surface area contributed by atoms with Crippen molar-refractivity contribution in [1.82, 2.24) is 5.23 Å². The topological polar surface area (TPSA) is 35.8 Å². The van der Waals surface area contributed by atoms with Gasteiger partial charge in [0.1, 0.15) is 7.85 Å². The van der Waals surface area contributed by atoms with Gasteiger partial charge >= 0.3 is 0 Å². The smallest absolute Gasteiger partial charge is 0.178 e. The molecule has 0 aliphatic carbocycles. The van der Waals surface area contributed by atoms with E-state index >= 15 is 0 Å². The van der Waals surface area contributed by atoms with Crippen molar-refractivity contribution in [2.75, 3.05) is 0 Å². The molecule has 26 valence electrons. The van der Waals surface area contributed by atoms with Crippen LogP contribution in [0.4, 0.5) is 0 Å². The normalized spacial score (nSPS) is 12.5. The Morgan fingerprint density at radius 2 is 2.33 bits per heavy atom. The minimum atomic E-state index is -0.731. The van der Waals surface area contributed by atoms with Crippen LogP contribution in [0.15, 0.2) is 0 Å². The SMILES string of the molecule is [B]NC([B])C#N. The number of rotatable bonds is 1. The summed E-state index contributed by atoms with van der Waals surface area (Å²) >= 11 is 0. The van der Waals surface area contributed by atoms with Crippen molar-refractivity contribution in [3.8, 4) is 6.07 Å². The Balaban J connectivity index is 3.04. The van der Waals surface area contributed by atoms with Gasteiger partial charge in [-0.2, -0.15) is 5.26 Å². The summed E-state index contributed by atoms with van der Waals surface area (Å²) in [6.45, 7) is 0. The molecule has 4 heteroatoms.